The van der Waals surface area contributed by atoms with E-state index in [2.05, 4.69) is 25.1 Å². The minimum atomic E-state index is -0.375. The summed E-state index contributed by atoms with van der Waals surface area (Å²) in [6.45, 7) is 0.308. The second-order valence-corrected chi connectivity index (χ2v) is 6.00. The van der Waals surface area contributed by atoms with E-state index in [1.54, 1.807) is 49.8 Å². The van der Waals surface area contributed by atoms with Gasteiger partial charge in [-0.05, 0) is 24.3 Å². The number of hydrogen-bond acceptors (Lipinski definition) is 8. The van der Waals surface area contributed by atoms with Gasteiger partial charge in [-0.25, -0.2) is 9.37 Å². The van der Waals surface area contributed by atoms with Crippen LogP contribution in [0.15, 0.2) is 59.4 Å². The van der Waals surface area contributed by atoms with Gasteiger partial charge in [-0.1, -0.05) is 17.3 Å². The van der Waals surface area contributed by atoms with E-state index in [4.69, 9.17) is 14.0 Å². The van der Waals surface area contributed by atoms with Crippen molar-refractivity contribution >= 4 is 0 Å². The van der Waals surface area contributed by atoms with Crippen LogP contribution in [0.3, 0.4) is 0 Å². The fraction of sp³-hybridized carbons (Fsp3) is 0.150. The predicted molar refractivity (Wildman–Crippen MR) is 100 cm³/mol. The first-order chi connectivity index (χ1) is 14.2. The lowest BCUT2D eigenvalue weighted by Crippen LogP contribution is -2.03. The van der Waals surface area contributed by atoms with Crippen LogP contribution < -0.4 is 4.74 Å². The molecule has 0 aliphatic heterocycles. The first-order valence-electron chi connectivity index (χ1n) is 8.70. The maximum absolute atomic E-state index is 13.4. The lowest BCUT2D eigenvalue weighted by atomic mass is 10.2. The molecule has 29 heavy (non-hydrogen) atoms. The highest BCUT2D eigenvalue weighted by molar-refractivity contribution is 5.55. The summed E-state index contributed by atoms with van der Waals surface area (Å²) in [5, 5.41) is 3.86. The average molecular weight is 393 g/mol. The Balaban J connectivity index is 1.53. The molecule has 0 bridgehead atoms. The maximum Gasteiger partial charge on any atom is 0.264 e. The molecule has 4 aromatic rings. The molecule has 4 rings (SSSR count). The number of halogens is 1. The minimum Gasteiger partial charge on any atom is -0.467 e. The van der Waals surface area contributed by atoms with Gasteiger partial charge in [0.2, 0.25) is 11.7 Å². The quantitative estimate of drug-likeness (QED) is 0.471. The molecule has 146 valence electrons. The normalized spacial score (nSPS) is 10.8. The third-order valence-corrected chi connectivity index (χ3v) is 3.88. The van der Waals surface area contributed by atoms with E-state index in [0.29, 0.717) is 29.6 Å². The van der Waals surface area contributed by atoms with Crippen molar-refractivity contribution in [1.82, 2.24) is 25.1 Å². The molecule has 3 aromatic heterocycles. The lowest BCUT2D eigenvalue weighted by molar-refractivity contribution is 0.180. The van der Waals surface area contributed by atoms with E-state index in [9.17, 15) is 4.39 Å². The molecule has 0 atom stereocenters. The summed E-state index contributed by atoms with van der Waals surface area (Å²) in [6, 6.07) is 11.2. The van der Waals surface area contributed by atoms with Crippen LogP contribution in [0.2, 0.25) is 0 Å². The summed E-state index contributed by atoms with van der Waals surface area (Å²) < 4.78 is 29.4. The van der Waals surface area contributed by atoms with Crippen molar-refractivity contribution in [3.05, 3.63) is 72.3 Å². The highest BCUT2D eigenvalue weighted by Crippen LogP contribution is 2.21. The average Bonchev–Trinajstić information content (AvgIpc) is 3.22. The molecule has 9 heteroatoms. The first-order valence-corrected chi connectivity index (χ1v) is 8.70. The van der Waals surface area contributed by atoms with Crippen molar-refractivity contribution in [1.29, 1.82) is 0 Å². The number of rotatable bonds is 7. The highest BCUT2D eigenvalue weighted by atomic mass is 19.1. The largest absolute Gasteiger partial charge is 0.467 e. The third kappa shape index (κ3) is 4.58. The molecule has 0 N–H and O–H groups in total. The third-order valence-electron chi connectivity index (χ3n) is 3.88. The zero-order valence-electron chi connectivity index (χ0n) is 15.4. The van der Waals surface area contributed by atoms with E-state index in [0.717, 1.165) is 5.56 Å². The van der Waals surface area contributed by atoms with Crippen molar-refractivity contribution < 1.29 is 18.4 Å². The molecule has 0 spiro atoms. The zero-order valence-corrected chi connectivity index (χ0v) is 15.4. The van der Waals surface area contributed by atoms with Crippen LogP contribution in [-0.2, 0) is 18.0 Å². The smallest absolute Gasteiger partial charge is 0.264 e. The number of benzene rings is 1. The van der Waals surface area contributed by atoms with Crippen LogP contribution >= 0.6 is 0 Å². The summed E-state index contributed by atoms with van der Waals surface area (Å²) in [5.41, 5.74) is 1.98. The Labute approximate surface area is 165 Å². The van der Waals surface area contributed by atoms with Gasteiger partial charge in [-0.3, -0.25) is 4.98 Å². The number of hydrogen-bond donors (Lipinski definition) is 0. The zero-order chi connectivity index (χ0) is 20.1. The molecule has 3 heterocycles. The van der Waals surface area contributed by atoms with E-state index in [1.165, 1.54) is 12.1 Å². The molecule has 0 unspecified atom stereocenters. The molecule has 1 aromatic carbocycles. The number of methoxy groups -OCH3 is 1. The fourth-order valence-corrected chi connectivity index (χ4v) is 2.59. The van der Waals surface area contributed by atoms with Gasteiger partial charge < -0.3 is 14.0 Å². The minimum absolute atomic E-state index is 0.00152. The maximum atomic E-state index is 13.4. The second kappa shape index (κ2) is 8.53. The van der Waals surface area contributed by atoms with Crippen molar-refractivity contribution in [3.63, 3.8) is 0 Å². The van der Waals surface area contributed by atoms with Crippen molar-refractivity contribution in [2.45, 2.75) is 13.2 Å². The molecular weight excluding hydrogens is 377 g/mol. The van der Waals surface area contributed by atoms with Crippen LogP contribution in [0.4, 0.5) is 4.39 Å². The van der Waals surface area contributed by atoms with E-state index in [-0.39, 0.29) is 24.1 Å². The highest BCUT2D eigenvalue weighted by Gasteiger charge is 2.12. The lowest BCUT2D eigenvalue weighted by Gasteiger charge is -2.08. The van der Waals surface area contributed by atoms with Gasteiger partial charge in [0.05, 0.1) is 12.3 Å². The summed E-state index contributed by atoms with van der Waals surface area (Å²) in [6.07, 6.45) is 3.32. The molecule has 0 saturated heterocycles. The molecule has 8 nitrogen and oxygen atoms in total. The summed E-state index contributed by atoms with van der Waals surface area (Å²) in [5.74, 6) is 0.970. The number of ether oxygens (including phenoxy) is 2. The van der Waals surface area contributed by atoms with Crippen LogP contribution in [-0.4, -0.2) is 32.2 Å². The molecule has 0 amide bonds. The van der Waals surface area contributed by atoms with Crippen LogP contribution in [0, 0.1) is 5.82 Å². The fourth-order valence-electron chi connectivity index (χ4n) is 2.59. The Morgan fingerprint density at radius 3 is 2.59 bits per heavy atom. The van der Waals surface area contributed by atoms with Gasteiger partial charge in [0.15, 0.2) is 12.4 Å². The molecule has 0 saturated carbocycles. The van der Waals surface area contributed by atoms with Gasteiger partial charge in [0, 0.05) is 36.7 Å². The number of pyridine rings is 1. The Morgan fingerprint density at radius 1 is 0.931 bits per heavy atom. The number of nitrogens with zero attached hydrogens (tertiary/aromatic N) is 5. The van der Waals surface area contributed by atoms with Crippen LogP contribution in [0.25, 0.3) is 22.8 Å². The van der Waals surface area contributed by atoms with Crippen LogP contribution in [0.1, 0.15) is 11.6 Å². The summed E-state index contributed by atoms with van der Waals surface area (Å²) in [4.78, 5) is 17.1. The summed E-state index contributed by atoms with van der Waals surface area (Å²) >= 11 is 0. The second-order valence-electron chi connectivity index (χ2n) is 6.00. The Bertz CT molecular complexity index is 1100. The predicted octanol–water partition coefficient (Wildman–Crippen LogP) is 3.45. The first kappa shape index (κ1) is 18.6. The Hall–Kier alpha value is -3.72. The van der Waals surface area contributed by atoms with Gasteiger partial charge in [0.1, 0.15) is 5.82 Å². The van der Waals surface area contributed by atoms with Gasteiger partial charge in [-0.15, -0.1) is 0 Å². The molecule has 0 radical (unpaired) electrons. The van der Waals surface area contributed by atoms with E-state index in [1.807, 2.05) is 0 Å². The topological polar surface area (TPSA) is 96.1 Å². The van der Waals surface area contributed by atoms with Crippen molar-refractivity contribution in [2.75, 3.05) is 7.11 Å². The molecule has 0 fully saturated rings. The van der Waals surface area contributed by atoms with Crippen LogP contribution in [0.5, 0.6) is 5.88 Å². The molecule has 0 aliphatic rings. The number of aromatic nitrogens is 5. The van der Waals surface area contributed by atoms with Crippen molar-refractivity contribution in [3.8, 4) is 28.7 Å². The Kier molecular flexibility index (Phi) is 5.48. The standard InChI is InChI=1S/C20H16FN5O3/c1-27-11-16-10-17(24-19(23-16)13-5-7-22-8-6-13)28-12-18-25-20(26-29-18)14-3-2-4-15(21)9-14/h2-10H,11-12H2,1H3. The Morgan fingerprint density at radius 2 is 1.79 bits per heavy atom. The van der Waals surface area contributed by atoms with Crippen molar-refractivity contribution in [2.24, 2.45) is 0 Å². The van der Waals surface area contributed by atoms with E-state index < -0.39 is 0 Å². The molecule has 0 aliphatic carbocycles. The summed E-state index contributed by atoms with van der Waals surface area (Å²) in [7, 11) is 1.58. The van der Waals surface area contributed by atoms with E-state index >= 15 is 0 Å². The van der Waals surface area contributed by atoms with Gasteiger partial charge >= 0.3 is 0 Å². The monoisotopic (exact) mass is 393 g/mol. The molecular formula is C20H16FN5O3. The van der Waals surface area contributed by atoms with Gasteiger partial charge in [0.25, 0.3) is 5.89 Å². The SMILES string of the molecule is COCc1cc(OCc2nc(-c3cccc(F)c3)no2)nc(-c2ccncc2)n1. The van der Waals surface area contributed by atoms with Gasteiger partial charge in [-0.2, -0.15) is 9.97 Å².